The Morgan fingerprint density at radius 2 is 1.08 bits per heavy atom. The van der Waals surface area contributed by atoms with Crippen molar-refractivity contribution in [3.8, 4) is 23.9 Å². The minimum atomic E-state index is -1.52. The smallest absolute Gasteiger partial charge is 0.130 e. The highest BCUT2D eigenvalue weighted by molar-refractivity contribution is 6.94. The highest BCUT2D eigenvalue weighted by Gasteiger charge is 2.17. The molecule has 0 radical (unpaired) electrons. The Bertz CT molecular complexity index is 231. The molecule has 0 aromatic carbocycles. The van der Waals surface area contributed by atoms with Crippen molar-refractivity contribution in [2.45, 2.75) is 26.2 Å². The van der Waals surface area contributed by atoms with Crippen molar-refractivity contribution < 1.29 is 0 Å². The van der Waals surface area contributed by atoms with Crippen molar-refractivity contribution in [3.63, 3.8) is 0 Å². The van der Waals surface area contributed by atoms with Crippen molar-refractivity contribution in [2.24, 2.45) is 0 Å². The predicted octanol–water partition coefficient (Wildman–Crippen LogP) is 2.38. The zero-order valence-corrected chi connectivity index (χ0v) is 10.3. The summed E-state index contributed by atoms with van der Waals surface area (Å²) in [6.45, 7) is 8.57. The van der Waals surface area contributed by atoms with Crippen molar-refractivity contribution in [1.29, 1.82) is 0 Å². The summed E-state index contributed by atoms with van der Waals surface area (Å²) in [4.78, 5) is 0. The third-order valence-corrected chi connectivity index (χ3v) is 5.48. The second-order valence-electron chi connectivity index (χ2n) is 4.07. The average molecular weight is 192 g/mol. The zero-order chi connectivity index (χ0) is 9.83. The first-order valence-corrected chi connectivity index (χ1v) is 10.1. The molecule has 0 aliphatic carbocycles. The topological polar surface area (TPSA) is 0 Å². The summed E-state index contributed by atoms with van der Waals surface area (Å²) in [5, 5.41) is 0. The number of terminal acetylenes is 2. The Labute approximate surface area is 78.1 Å². The first-order chi connectivity index (χ1) is 5.33. The van der Waals surface area contributed by atoms with Gasteiger partial charge in [-0.2, -0.15) is 0 Å². The van der Waals surface area contributed by atoms with Crippen LogP contribution in [0.1, 0.15) is 0 Å². The molecule has 0 saturated carbocycles. The lowest BCUT2D eigenvalue weighted by Gasteiger charge is -2.12. The lowest BCUT2D eigenvalue weighted by molar-refractivity contribution is 1.84. The van der Waals surface area contributed by atoms with Crippen LogP contribution in [-0.4, -0.2) is 16.1 Å². The minimum Gasteiger partial charge on any atom is -0.130 e. The van der Waals surface area contributed by atoms with Gasteiger partial charge in [0, 0.05) is 0 Å². The van der Waals surface area contributed by atoms with Crippen LogP contribution < -0.4 is 0 Å². The van der Waals surface area contributed by atoms with Gasteiger partial charge in [0.25, 0.3) is 0 Å². The number of rotatable bonds is 2. The van der Waals surface area contributed by atoms with Crippen LogP contribution in [-0.2, 0) is 0 Å². The maximum absolute atomic E-state index is 5.40. The van der Waals surface area contributed by atoms with Crippen LogP contribution in [0, 0.1) is 23.9 Å². The SMILES string of the molecule is C#C[Si](C)(C)C=C[Si](C)(C)C#C. The van der Waals surface area contributed by atoms with E-state index in [4.69, 9.17) is 12.8 Å². The van der Waals surface area contributed by atoms with Gasteiger partial charge >= 0.3 is 0 Å². The van der Waals surface area contributed by atoms with Crippen LogP contribution >= 0.6 is 0 Å². The lowest BCUT2D eigenvalue weighted by atomic mass is 11.2. The van der Waals surface area contributed by atoms with E-state index in [2.05, 4.69) is 48.7 Å². The highest BCUT2D eigenvalue weighted by atomic mass is 28.3. The standard InChI is InChI=1S/C10H16Si2/c1-7-11(3,4)9-10-12(5,6)8-2/h1-2,9-10H,3-6H3. The highest BCUT2D eigenvalue weighted by Crippen LogP contribution is 2.07. The fourth-order valence-electron chi connectivity index (χ4n) is 0.513. The maximum Gasteiger partial charge on any atom is 0.154 e. The van der Waals surface area contributed by atoms with E-state index in [1.165, 1.54) is 0 Å². The maximum atomic E-state index is 5.40. The minimum absolute atomic E-state index is 1.52. The molecular formula is C10H16Si2. The molecule has 0 aromatic rings. The fourth-order valence-corrected chi connectivity index (χ4v) is 4.04. The molecule has 0 unspecified atom stereocenters. The van der Waals surface area contributed by atoms with Crippen LogP contribution in [0.3, 0.4) is 0 Å². The Hall–Kier alpha value is -0.706. The fraction of sp³-hybridized carbons (Fsp3) is 0.400. The van der Waals surface area contributed by atoms with E-state index < -0.39 is 16.1 Å². The third-order valence-electron chi connectivity index (χ3n) is 1.66. The van der Waals surface area contributed by atoms with E-state index in [1.54, 1.807) is 0 Å². The second kappa shape index (κ2) is 3.80. The van der Waals surface area contributed by atoms with E-state index in [-0.39, 0.29) is 0 Å². The molecule has 64 valence electrons. The summed E-state index contributed by atoms with van der Waals surface area (Å²) in [7, 11) is -3.03. The number of hydrogen-bond donors (Lipinski definition) is 0. The van der Waals surface area contributed by atoms with E-state index in [1.807, 2.05) is 0 Å². The van der Waals surface area contributed by atoms with Crippen molar-refractivity contribution in [2.75, 3.05) is 0 Å². The molecule has 2 heteroatoms. The molecule has 0 rings (SSSR count). The molecule has 0 saturated heterocycles. The lowest BCUT2D eigenvalue weighted by Crippen LogP contribution is -2.25. The Kier molecular flexibility index (Phi) is 3.58. The van der Waals surface area contributed by atoms with Gasteiger partial charge in [0.05, 0.1) is 0 Å². The largest absolute Gasteiger partial charge is 0.154 e. The summed E-state index contributed by atoms with van der Waals surface area (Å²) in [5.41, 5.74) is 10.0. The van der Waals surface area contributed by atoms with E-state index in [9.17, 15) is 0 Å². The first kappa shape index (κ1) is 11.3. The molecule has 0 heterocycles. The van der Waals surface area contributed by atoms with E-state index >= 15 is 0 Å². The summed E-state index contributed by atoms with van der Waals surface area (Å²) in [5.74, 6) is 0. The van der Waals surface area contributed by atoms with Crippen molar-refractivity contribution in [1.82, 2.24) is 0 Å². The van der Waals surface area contributed by atoms with E-state index in [0.717, 1.165) is 0 Å². The van der Waals surface area contributed by atoms with Crippen LogP contribution in [0.25, 0.3) is 0 Å². The van der Waals surface area contributed by atoms with Gasteiger partial charge in [-0.25, -0.2) is 0 Å². The van der Waals surface area contributed by atoms with Crippen LogP contribution in [0.4, 0.5) is 0 Å². The molecular weight excluding hydrogens is 176 g/mol. The summed E-state index contributed by atoms with van der Waals surface area (Å²) >= 11 is 0. The molecule has 0 bridgehead atoms. The Morgan fingerprint density at radius 3 is 1.25 bits per heavy atom. The summed E-state index contributed by atoms with van der Waals surface area (Å²) in [6, 6.07) is 0. The summed E-state index contributed by atoms with van der Waals surface area (Å²) in [6.07, 6.45) is 10.8. The molecule has 0 amide bonds. The molecule has 0 atom stereocenters. The van der Waals surface area contributed by atoms with Crippen LogP contribution in [0.15, 0.2) is 11.4 Å². The van der Waals surface area contributed by atoms with Gasteiger partial charge in [0.15, 0.2) is 16.1 Å². The molecule has 0 N–H and O–H groups in total. The molecule has 0 aliphatic rings. The molecule has 0 aromatic heterocycles. The second-order valence-corrected chi connectivity index (χ2v) is 12.2. The monoisotopic (exact) mass is 192 g/mol. The molecule has 12 heavy (non-hydrogen) atoms. The normalized spacial score (nSPS) is 12.5. The molecule has 0 nitrogen and oxygen atoms in total. The van der Waals surface area contributed by atoms with Gasteiger partial charge in [-0.05, 0) is 0 Å². The van der Waals surface area contributed by atoms with Gasteiger partial charge in [-0.15, -0.1) is 23.9 Å². The Balaban J connectivity index is 4.50. The number of hydrogen-bond acceptors (Lipinski definition) is 0. The summed E-state index contributed by atoms with van der Waals surface area (Å²) < 4.78 is 0. The average Bonchev–Trinajstić information content (AvgIpc) is 2.02. The quantitative estimate of drug-likeness (QED) is 0.465. The van der Waals surface area contributed by atoms with Gasteiger partial charge in [0.1, 0.15) is 0 Å². The Morgan fingerprint density at radius 1 is 0.833 bits per heavy atom. The van der Waals surface area contributed by atoms with Crippen molar-refractivity contribution in [3.05, 3.63) is 11.4 Å². The van der Waals surface area contributed by atoms with Gasteiger partial charge in [0.2, 0.25) is 0 Å². The first-order valence-electron chi connectivity index (χ1n) is 3.99. The van der Waals surface area contributed by atoms with Gasteiger partial charge < -0.3 is 0 Å². The van der Waals surface area contributed by atoms with Crippen LogP contribution in [0.5, 0.6) is 0 Å². The molecule has 0 aliphatic heterocycles. The molecule has 0 spiro atoms. The molecule has 0 fully saturated rings. The third kappa shape index (κ3) is 4.23. The van der Waals surface area contributed by atoms with Gasteiger partial charge in [-0.3, -0.25) is 0 Å². The predicted molar refractivity (Wildman–Crippen MR) is 61.8 cm³/mol. The zero-order valence-electron chi connectivity index (χ0n) is 8.31. The van der Waals surface area contributed by atoms with Crippen LogP contribution in [0.2, 0.25) is 26.2 Å². The van der Waals surface area contributed by atoms with Gasteiger partial charge in [-0.1, -0.05) is 37.6 Å². The van der Waals surface area contributed by atoms with E-state index in [0.29, 0.717) is 0 Å². The van der Waals surface area contributed by atoms with Crippen molar-refractivity contribution >= 4 is 16.1 Å².